The Labute approximate surface area is 176 Å². The lowest BCUT2D eigenvalue weighted by atomic mass is 10.0. The highest BCUT2D eigenvalue weighted by Gasteiger charge is 2.26. The van der Waals surface area contributed by atoms with E-state index in [9.17, 15) is 4.79 Å². The number of piperazine rings is 1. The summed E-state index contributed by atoms with van der Waals surface area (Å²) < 4.78 is 11.2. The van der Waals surface area contributed by atoms with Crippen LogP contribution in [0.25, 0.3) is 11.1 Å². The van der Waals surface area contributed by atoms with Crippen molar-refractivity contribution < 1.29 is 14.1 Å². The monoisotopic (exact) mass is 408 g/mol. The van der Waals surface area contributed by atoms with Crippen LogP contribution in [0.1, 0.15) is 41.5 Å². The maximum absolute atomic E-state index is 13.3. The van der Waals surface area contributed by atoms with Gasteiger partial charge in [-0.05, 0) is 31.0 Å². The number of aromatic nitrogens is 2. The zero-order chi connectivity index (χ0) is 21.1. The lowest BCUT2D eigenvalue weighted by Crippen LogP contribution is -2.49. The van der Waals surface area contributed by atoms with E-state index >= 15 is 0 Å². The molecule has 3 aromatic rings. The Kier molecular flexibility index (Phi) is 5.99. The summed E-state index contributed by atoms with van der Waals surface area (Å²) in [5, 5.41) is 4.75. The molecule has 7 heteroatoms. The number of rotatable bonds is 6. The number of carbonyl (C=O) groups is 1. The van der Waals surface area contributed by atoms with E-state index in [-0.39, 0.29) is 11.8 Å². The summed E-state index contributed by atoms with van der Waals surface area (Å²) in [6, 6.07) is 11.7. The van der Waals surface area contributed by atoms with Crippen molar-refractivity contribution in [2.24, 2.45) is 0 Å². The van der Waals surface area contributed by atoms with Crippen LogP contribution in [0.4, 0.5) is 0 Å². The van der Waals surface area contributed by atoms with Gasteiger partial charge in [-0.25, -0.2) is 4.98 Å². The molecule has 2 aromatic heterocycles. The quantitative estimate of drug-likeness (QED) is 0.622. The second-order valence-corrected chi connectivity index (χ2v) is 7.99. The van der Waals surface area contributed by atoms with Crippen LogP contribution in [0.5, 0.6) is 5.75 Å². The Morgan fingerprint density at radius 2 is 1.90 bits per heavy atom. The number of hydrogen-bond acceptors (Lipinski definition) is 6. The van der Waals surface area contributed by atoms with Crippen LogP contribution in [-0.4, -0.2) is 65.2 Å². The second-order valence-electron chi connectivity index (χ2n) is 7.99. The van der Waals surface area contributed by atoms with E-state index in [0.717, 1.165) is 36.5 Å². The molecule has 4 rings (SSSR count). The SMILES string of the molecule is Cc1noc2nc(C(C)C)cc(C(=O)N3CCN(CCOc4ccccc4)CC3)c12. The van der Waals surface area contributed by atoms with E-state index in [1.165, 1.54) is 0 Å². The van der Waals surface area contributed by atoms with Gasteiger partial charge in [-0.3, -0.25) is 9.69 Å². The van der Waals surface area contributed by atoms with Crippen LogP contribution >= 0.6 is 0 Å². The summed E-state index contributed by atoms with van der Waals surface area (Å²) in [5.41, 5.74) is 2.63. The maximum Gasteiger partial charge on any atom is 0.259 e. The minimum absolute atomic E-state index is 0.0239. The molecule has 1 fully saturated rings. The summed E-state index contributed by atoms with van der Waals surface area (Å²) >= 11 is 0. The molecule has 0 bridgehead atoms. The van der Waals surface area contributed by atoms with Crippen molar-refractivity contribution >= 4 is 17.0 Å². The zero-order valence-electron chi connectivity index (χ0n) is 17.8. The van der Waals surface area contributed by atoms with Gasteiger partial charge >= 0.3 is 0 Å². The Bertz CT molecular complexity index is 1010. The van der Waals surface area contributed by atoms with Gasteiger partial charge < -0.3 is 14.2 Å². The van der Waals surface area contributed by atoms with Crippen molar-refractivity contribution in [3.63, 3.8) is 0 Å². The molecule has 0 N–H and O–H groups in total. The number of aryl methyl sites for hydroxylation is 1. The number of amides is 1. The smallest absolute Gasteiger partial charge is 0.259 e. The molecule has 3 heterocycles. The molecule has 1 aliphatic rings. The molecule has 1 aromatic carbocycles. The van der Waals surface area contributed by atoms with E-state index < -0.39 is 0 Å². The third-order valence-corrected chi connectivity index (χ3v) is 5.54. The largest absolute Gasteiger partial charge is 0.492 e. The van der Waals surface area contributed by atoms with Crippen LogP contribution in [0.2, 0.25) is 0 Å². The summed E-state index contributed by atoms with van der Waals surface area (Å²) in [6.07, 6.45) is 0. The molecular formula is C23H28N4O3. The molecule has 0 atom stereocenters. The van der Waals surface area contributed by atoms with Crippen molar-refractivity contribution in [3.8, 4) is 5.75 Å². The van der Waals surface area contributed by atoms with Crippen LogP contribution < -0.4 is 4.74 Å². The molecule has 158 valence electrons. The first-order valence-corrected chi connectivity index (χ1v) is 10.5. The zero-order valence-corrected chi connectivity index (χ0v) is 17.8. The van der Waals surface area contributed by atoms with E-state index in [0.29, 0.717) is 36.7 Å². The highest BCUT2D eigenvalue weighted by Crippen LogP contribution is 2.26. The molecule has 0 saturated carbocycles. The standard InChI is InChI=1S/C23H28N4O3/c1-16(2)20-15-19(21-17(3)25-30-22(21)24-20)23(28)27-11-9-26(10-12-27)13-14-29-18-7-5-4-6-8-18/h4-8,15-16H,9-14H2,1-3H3. The van der Waals surface area contributed by atoms with Crippen molar-refractivity contribution in [1.82, 2.24) is 19.9 Å². The number of pyridine rings is 1. The number of benzene rings is 1. The van der Waals surface area contributed by atoms with E-state index in [4.69, 9.17) is 9.26 Å². The number of nitrogens with zero attached hydrogens (tertiary/aromatic N) is 4. The number of para-hydroxylation sites is 1. The third-order valence-electron chi connectivity index (χ3n) is 5.54. The molecule has 0 unspecified atom stereocenters. The predicted octanol–water partition coefficient (Wildman–Crippen LogP) is 3.49. The fraction of sp³-hybridized carbons (Fsp3) is 0.435. The lowest BCUT2D eigenvalue weighted by Gasteiger charge is -2.34. The fourth-order valence-electron chi connectivity index (χ4n) is 3.73. The molecular weight excluding hydrogens is 380 g/mol. The molecule has 1 saturated heterocycles. The van der Waals surface area contributed by atoms with Gasteiger partial charge in [0.05, 0.1) is 16.6 Å². The van der Waals surface area contributed by atoms with Gasteiger partial charge in [-0.2, -0.15) is 0 Å². The second kappa shape index (κ2) is 8.83. The van der Waals surface area contributed by atoms with Gasteiger partial charge in [0.2, 0.25) is 0 Å². The predicted molar refractivity (Wildman–Crippen MR) is 115 cm³/mol. The maximum atomic E-state index is 13.3. The van der Waals surface area contributed by atoms with E-state index in [2.05, 4.69) is 28.9 Å². The Morgan fingerprint density at radius 3 is 2.60 bits per heavy atom. The van der Waals surface area contributed by atoms with Crippen LogP contribution in [0, 0.1) is 6.92 Å². The fourth-order valence-corrected chi connectivity index (χ4v) is 3.73. The molecule has 1 amide bonds. The van der Waals surface area contributed by atoms with Gasteiger partial charge in [0.25, 0.3) is 11.6 Å². The van der Waals surface area contributed by atoms with Gasteiger partial charge in [0.1, 0.15) is 12.4 Å². The molecule has 1 aliphatic heterocycles. The lowest BCUT2D eigenvalue weighted by molar-refractivity contribution is 0.0622. The van der Waals surface area contributed by atoms with E-state index in [1.807, 2.05) is 48.2 Å². The first-order chi connectivity index (χ1) is 14.5. The summed E-state index contributed by atoms with van der Waals surface area (Å²) in [5.74, 6) is 1.11. The summed E-state index contributed by atoms with van der Waals surface area (Å²) in [6.45, 7) is 10.5. The minimum atomic E-state index is 0.0239. The normalized spacial score (nSPS) is 15.1. The van der Waals surface area contributed by atoms with Gasteiger partial charge in [0, 0.05) is 38.4 Å². The Morgan fingerprint density at radius 1 is 1.17 bits per heavy atom. The molecule has 30 heavy (non-hydrogen) atoms. The van der Waals surface area contributed by atoms with Gasteiger partial charge in [-0.15, -0.1) is 0 Å². The first kappa shape index (κ1) is 20.3. The number of carbonyl (C=O) groups excluding carboxylic acids is 1. The minimum Gasteiger partial charge on any atom is -0.492 e. The topological polar surface area (TPSA) is 71.7 Å². The summed E-state index contributed by atoms with van der Waals surface area (Å²) in [4.78, 5) is 22.1. The van der Waals surface area contributed by atoms with Crippen LogP contribution in [0.15, 0.2) is 40.9 Å². The van der Waals surface area contributed by atoms with Crippen molar-refractivity contribution in [2.45, 2.75) is 26.7 Å². The Balaban J connectivity index is 1.39. The average molecular weight is 409 g/mol. The number of ether oxygens (including phenoxy) is 1. The summed E-state index contributed by atoms with van der Waals surface area (Å²) in [7, 11) is 0. The molecule has 7 nitrogen and oxygen atoms in total. The third kappa shape index (κ3) is 4.31. The van der Waals surface area contributed by atoms with Gasteiger partial charge in [0.15, 0.2) is 0 Å². The number of hydrogen-bond donors (Lipinski definition) is 0. The highest BCUT2D eigenvalue weighted by atomic mass is 16.5. The van der Waals surface area contributed by atoms with Gasteiger partial charge in [-0.1, -0.05) is 37.2 Å². The highest BCUT2D eigenvalue weighted by molar-refractivity contribution is 6.06. The van der Waals surface area contributed by atoms with E-state index in [1.54, 1.807) is 0 Å². The van der Waals surface area contributed by atoms with Crippen molar-refractivity contribution in [2.75, 3.05) is 39.3 Å². The molecule has 0 spiro atoms. The number of fused-ring (bicyclic) bond motifs is 1. The molecule has 0 radical (unpaired) electrons. The van der Waals surface area contributed by atoms with Crippen LogP contribution in [-0.2, 0) is 0 Å². The van der Waals surface area contributed by atoms with Crippen molar-refractivity contribution in [3.05, 3.63) is 53.3 Å². The molecule has 0 aliphatic carbocycles. The first-order valence-electron chi connectivity index (χ1n) is 10.5. The van der Waals surface area contributed by atoms with Crippen LogP contribution in [0.3, 0.4) is 0 Å². The average Bonchev–Trinajstić information content (AvgIpc) is 3.15. The van der Waals surface area contributed by atoms with Crippen molar-refractivity contribution in [1.29, 1.82) is 0 Å². The Hall–Kier alpha value is -2.93.